The fourth-order valence-corrected chi connectivity index (χ4v) is 2.86. The Morgan fingerprint density at radius 2 is 1.92 bits per heavy atom. The van der Waals surface area contributed by atoms with Crippen LogP contribution >= 0.6 is 11.3 Å². The topological polar surface area (TPSA) is 77.5 Å². The lowest BCUT2D eigenvalue weighted by Gasteiger charge is -2.11. The number of guanidine groups is 1. The van der Waals surface area contributed by atoms with Crippen molar-refractivity contribution in [2.24, 2.45) is 4.99 Å². The highest BCUT2D eigenvalue weighted by molar-refractivity contribution is 7.09. The molecule has 0 unspecified atom stereocenters. The van der Waals surface area contributed by atoms with Crippen molar-refractivity contribution >= 4 is 29.0 Å². The SMILES string of the molecule is CCNC(=NCc1ccc(NC(=O)NC(C)C)cc1)NCc1cccs1. The summed E-state index contributed by atoms with van der Waals surface area (Å²) in [7, 11) is 0. The number of benzene rings is 1. The molecule has 0 aliphatic carbocycles. The van der Waals surface area contributed by atoms with E-state index in [0.29, 0.717) is 6.54 Å². The van der Waals surface area contributed by atoms with Crippen LogP contribution in [-0.4, -0.2) is 24.6 Å². The number of carbonyl (C=O) groups is 1. The van der Waals surface area contributed by atoms with Crippen LogP contribution in [0.3, 0.4) is 0 Å². The monoisotopic (exact) mass is 373 g/mol. The van der Waals surface area contributed by atoms with Crippen LogP contribution in [0.1, 0.15) is 31.2 Å². The van der Waals surface area contributed by atoms with Crippen molar-refractivity contribution in [1.82, 2.24) is 16.0 Å². The summed E-state index contributed by atoms with van der Waals surface area (Å²) < 4.78 is 0. The van der Waals surface area contributed by atoms with Gasteiger partial charge in [-0.25, -0.2) is 9.79 Å². The number of nitrogens with zero attached hydrogens (tertiary/aromatic N) is 1. The molecule has 0 aliphatic heterocycles. The van der Waals surface area contributed by atoms with Crippen LogP contribution in [0.2, 0.25) is 0 Å². The molecule has 0 fully saturated rings. The quantitative estimate of drug-likeness (QED) is 0.443. The maximum absolute atomic E-state index is 11.7. The highest BCUT2D eigenvalue weighted by Gasteiger charge is 2.03. The predicted octanol–water partition coefficient (Wildman–Crippen LogP) is 3.53. The molecular formula is C19H27N5OS. The number of amides is 2. The lowest BCUT2D eigenvalue weighted by Crippen LogP contribution is -2.36. The summed E-state index contributed by atoms with van der Waals surface area (Å²) in [5.41, 5.74) is 1.84. The molecule has 0 radical (unpaired) electrons. The Morgan fingerprint density at radius 3 is 2.54 bits per heavy atom. The van der Waals surface area contributed by atoms with E-state index in [1.54, 1.807) is 11.3 Å². The van der Waals surface area contributed by atoms with E-state index in [9.17, 15) is 4.79 Å². The number of aliphatic imine (C=N–C) groups is 1. The van der Waals surface area contributed by atoms with Gasteiger partial charge in [-0.3, -0.25) is 0 Å². The second-order valence-corrected chi connectivity index (χ2v) is 7.11. The zero-order valence-electron chi connectivity index (χ0n) is 15.5. The van der Waals surface area contributed by atoms with E-state index in [1.807, 2.05) is 51.1 Å². The first-order chi connectivity index (χ1) is 12.6. The van der Waals surface area contributed by atoms with Gasteiger partial charge in [0.2, 0.25) is 0 Å². The Labute approximate surface area is 159 Å². The number of hydrogen-bond donors (Lipinski definition) is 4. The third kappa shape index (κ3) is 7.14. The molecule has 1 aromatic carbocycles. The first kappa shape index (κ1) is 19.8. The van der Waals surface area contributed by atoms with Gasteiger partial charge in [-0.1, -0.05) is 18.2 Å². The summed E-state index contributed by atoms with van der Waals surface area (Å²) in [6.45, 7) is 8.04. The molecule has 0 aliphatic rings. The summed E-state index contributed by atoms with van der Waals surface area (Å²) in [5, 5.41) is 14.3. The molecule has 26 heavy (non-hydrogen) atoms. The normalized spacial score (nSPS) is 11.3. The summed E-state index contributed by atoms with van der Waals surface area (Å²) in [6, 6.07) is 11.8. The smallest absolute Gasteiger partial charge is 0.319 e. The van der Waals surface area contributed by atoms with Gasteiger partial charge < -0.3 is 21.3 Å². The standard InChI is InChI=1S/C19H27N5OS/c1-4-20-18(22-13-17-6-5-11-26-17)21-12-15-7-9-16(10-8-15)24-19(25)23-14(2)3/h5-11,14H,4,12-13H2,1-3H3,(H2,20,21,22)(H2,23,24,25). The van der Waals surface area contributed by atoms with Crippen LogP contribution in [0.5, 0.6) is 0 Å². The fraction of sp³-hybridized carbons (Fsp3) is 0.368. The lowest BCUT2D eigenvalue weighted by atomic mass is 10.2. The Bertz CT molecular complexity index is 695. The highest BCUT2D eigenvalue weighted by Crippen LogP contribution is 2.11. The van der Waals surface area contributed by atoms with Gasteiger partial charge in [0, 0.05) is 23.2 Å². The zero-order chi connectivity index (χ0) is 18.8. The fourth-order valence-electron chi connectivity index (χ4n) is 2.22. The molecule has 2 amide bonds. The van der Waals surface area contributed by atoms with Gasteiger partial charge in [-0.05, 0) is 49.9 Å². The molecule has 6 nitrogen and oxygen atoms in total. The number of rotatable bonds is 7. The zero-order valence-corrected chi connectivity index (χ0v) is 16.3. The summed E-state index contributed by atoms with van der Waals surface area (Å²) >= 11 is 1.72. The van der Waals surface area contributed by atoms with Gasteiger partial charge in [-0.2, -0.15) is 0 Å². The van der Waals surface area contributed by atoms with Crippen molar-refractivity contribution in [3.8, 4) is 0 Å². The number of hydrogen-bond acceptors (Lipinski definition) is 3. The Morgan fingerprint density at radius 1 is 1.15 bits per heavy atom. The van der Waals surface area contributed by atoms with Crippen molar-refractivity contribution < 1.29 is 4.79 Å². The average molecular weight is 374 g/mol. The van der Waals surface area contributed by atoms with Gasteiger partial charge >= 0.3 is 6.03 Å². The van der Waals surface area contributed by atoms with E-state index in [-0.39, 0.29) is 12.1 Å². The maximum atomic E-state index is 11.7. The van der Waals surface area contributed by atoms with Crippen LogP contribution in [0.4, 0.5) is 10.5 Å². The molecule has 7 heteroatoms. The molecular weight excluding hydrogens is 346 g/mol. The van der Waals surface area contributed by atoms with Crippen LogP contribution in [0, 0.1) is 0 Å². The molecule has 0 spiro atoms. The average Bonchev–Trinajstić information content (AvgIpc) is 3.11. The minimum atomic E-state index is -0.196. The van der Waals surface area contributed by atoms with Crippen LogP contribution < -0.4 is 21.3 Å². The summed E-state index contributed by atoms with van der Waals surface area (Å²) in [4.78, 5) is 17.6. The van der Waals surface area contributed by atoms with Crippen molar-refractivity contribution in [3.05, 3.63) is 52.2 Å². The third-order valence-corrected chi connectivity index (χ3v) is 4.28. The van der Waals surface area contributed by atoms with Gasteiger partial charge in [0.25, 0.3) is 0 Å². The summed E-state index contributed by atoms with van der Waals surface area (Å²) in [6.07, 6.45) is 0. The molecule has 2 aromatic rings. The molecule has 2 rings (SSSR count). The molecule has 140 valence electrons. The van der Waals surface area contributed by atoms with E-state index >= 15 is 0 Å². The molecule has 1 aromatic heterocycles. The van der Waals surface area contributed by atoms with E-state index < -0.39 is 0 Å². The van der Waals surface area contributed by atoms with Gasteiger partial charge in [0.15, 0.2) is 5.96 Å². The molecule has 1 heterocycles. The van der Waals surface area contributed by atoms with E-state index in [2.05, 4.69) is 37.7 Å². The van der Waals surface area contributed by atoms with Crippen LogP contribution in [-0.2, 0) is 13.1 Å². The molecule has 0 saturated heterocycles. The van der Waals surface area contributed by atoms with E-state index in [1.165, 1.54) is 4.88 Å². The van der Waals surface area contributed by atoms with Crippen molar-refractivity contribution in [2.45, 2.75) is 39.9 Å². The number of carbonyl (C=O) groups excluding carboxylic acids is 1. The minimum absolute atomic E-state index is 0.106. The Kier molecular flexibility index (Phi) is 7.95. The minimum Gasteiger partial charge on any atom is -0.357 e. The second kappa shape index (κ2) is 10.5. The Hall–Kier alpha value is -2.54. The largest absolute Gasteiger partial charge is 0.357 e. The first-order valence-corrected chi connectivity index (χ1v) is 9.65. The highest BCUT2D eigenvalue weighted by atomic mass is 32.1. The molecule has 4 N–H and O–H groups in total. The van der Waals surface area contributed by atoms with Gasteiger partial charge in [0.1, 0.15) is 0 Å². The van der Waals surface area contributed by atoms with E-state index in [0.717, 1.165) is 30.3 Å². The van der Waals surface area contributed by atoms with Gasteiger partial charge in [0.05, 0.1) is 13.1 Å². The number of urea groups is 1. The second-order valence-electron chi connectivity index (χ2n) is 6.08. The van der Waals surface area contributed by atoms with Crippen LogP contribution in [0.15, 0.2) is 46.8 Å². The van der Waals surface area contributed by atoms with Crippen molar-refractivity contribution in [2.75, 3.05) is 11.9 Å². The van der Waals surface area contributed by atoms with E-state index in [4.69, 9.17) is 0 Å². The number of thiophene rings is 1. The molecule has 0 atom stereocenters. The molecule has 0 bridgehead atoms. The first-order valence-electron chi connectivity index (χ1n) is 8.78. The lowest BCUT2D eigenvalue weighted by molar-refractivity contribution is 0.250. The van der Waals surface area contributed by atoms with Crippen molar-refractivity contribution in [3.63, 3.8) is 0 Å². The van der Waals surface area contributed by atoms with Crippen LogP contribution in [0.25, 0.3) is 0 Å². The molecule has 0 saturated carbocycles. The number of anilines is 1. The number of nitrogens with one attached hydrogen (secondary N) is 4. The van der Waals surface area contributed by atoms with Crippen molar-refractivity contribution in [1.29, 1.82) is 0 Å². The third-order valence-electron chi connectivity index (χ3n) is 3.41. The predicted molar refractivity (Wildman–Crippen MR) is 110 cm³/mol. The summed E-state index contributed by atoms with van der Waals surface area (Å²) in [5.74, 6) is 0.791. The maximum Gasteiger partial charge on any atom is 0.319 e. The van der Waals surface area contributed by atoms with Gasteiger partial charge in [-0.15, -0.1) is 11.3 Å². The Balaban J connectivity index is 1.88.